The molecule has 2 N–H and O–H groups in total. The van der Waals surface area contributed by atoms with Crippen molar-refractivity contribution in [3.05, 3.63) is 38.7 Å². The number of carbonyl (C=O) groups excluding carboxylic acids is 2. The summed E-state index contributed by atoms with van der Waals surface area (Å²) in [6.45, 7) is 3.20. The molecule has 12 heteroatoms. The predicted octanol–water partition coefficient (Wildman–Crippen LogP) is 4.06. The second-order valence-electron chi connectivity index (χ2n) is 7.87. The third-order valence-corrected chi connectivity index (χ3v) is 7.68. The van der Waals surface area contributed by atoms with Crippen molar-refractivity contribution in [3.8, 4) is 11.5 Å². The number of hydrogen-bond acceptors (Lipinski definition) is 7. The summed E-state index contributed by atoms with van der Waals surface area (Å²) < 4.78 is 6.79. The summed E-state index contributed by atoms with van der Waals surface area (Å²) in [5.74, 6) is -0.101. The zero-order valence-electron chi connectivity index (χ0n) is 18.4. The Morgan fingerprint density at radius 3 is 2.70 bits per heavy atom. The van der Waals surface area contributed by atoms with Gasteiger partial charge < -0.3 is 24.5 Å². The van der Waals surface area contributed by atoms with E-state index in [9.17, 15) is 9.59 Å². The molecule has 0 aliphatic carbocycles. The summed E-state index contributed by atoms with van der Waals surface area (Å²) in [5, 5.41) is 4.39. The summed E-state index contributed by atoms with van der Waals surface area (Å²) >= 11 is 13.6. The minimum Gasteiger partial charge on any atom is -0.465 e. The zero-order chi connectivity index (χ0) is 23.7. The smallest absolute Gasteiger partial charge is 0.350 e. The van der Waals surface area contributed by atoms with Gasteiger partial charge in [-0.2, -0.15) is 0 Å². The number of esters is 1. The molecule has 1 saturated heterocycles. The van der Waals surface area contributed by atoms with Gasteiger partial charge in [-0.1, -0.05) is 34.5 Å². The quantitative estimate of drug-likeness (QED) is 0.501. The molecule has 0 saturated carbocycles. The van der Waals surface area contributed by atoms with Gasteiger partial charge in [0, 0.05) is 44.3 Å². The first-order valence-corrected chi connectivity index (χ1v) is 12.0. The van der Waals surface area contributed by atoms with E-state index in [1.807, 2.05) is 11.6 Å². The Morgan fingerprint density at radius 2 is 2.06 bits per heavy atom. The fourth-order valence-corrected chi connectivity index (χ4v) is 5.29. The summed E-state index contributed by atoms with van der Waals surface area (Å²) in [4.78, 5) is 39.7. The highest BCUT2D eigenvalue weighted by atomic mass is 35.5. The van der Waals surface area contributed by atoms with Gasteiger partial charge in [0.25, 0.3) is 5.91 Å². The second-order valence-corrected chi connectivity index (χ2v) is 9.60. The van der Waals surface area contributed by atoms with Crippen LogP contribution in [-0.4, -0.2) is 57.6 Å². The predicted molar refractivity (Wildman–Crippen MR) is 129 cm³/mol. The number of H-pyrrole nitrogens is 1. The van der Waals surface area contributed by atoms with E-state index in [0.717, 1.165) is 30.9 Å². The Labute approximate surface area is 205 Å². The number of carbonyl (C=O) groups is 2. The lowest BCUT2D eigenvalue weighted by molar-refractivity contribution is 0.0606. The Balaban J connectivity index is 1.49. The molecule has 4 heterocycles. The first kappa shape index (κ1) is 23.6. The number of amides is 1. The zero-order valence-corrected chi connectivity index (χ0v) is 20.8. The molecule has 0 bridgehead atoms. The number of nitrogens with zero attached hydrogens (tertiary/aromatic N) is 4. The van der Waals surface area contributed by atoms with Crippen LogP contribution in [0.3, 0.4) is 0 Å². The molecule has 1 amide bonds. The van der Waals surface area contributed by atoms with Crippen LogP contribution >= 0.6 is 34.5 Å². The third kappa shape index (κ3) is 4.73. The number of ether oxygens (including phenoxy) is 1. The van der Waals surface area contributed by atoms with E-state index in [-0.39, 0.29) is 22.7 Å². The average Bonchev–Trinajstić information content (AvgIpc) is 3.43. The van der Waals surface area contributed by atoms with Crippen molar-refractivity contribution in [2.45, 2.75) is 32.2 Å². The molecule has 9 nitrogen and oxygen atoms in total. The van der Waals surface area contributed by atoms with Crippen molar-refractivity contribution < 1.29 is 14.3 Å². The molecule has 1 unspecified atom stereocenters. The van der Waals surface area contributed by atoms with Crippen LogP contribution in [0.25, 0.3) is 11.5 Å². The van der Waals surface area contributed by atoms with Gasteiger partial charge in [0.05, 0.1) is 17.2 Å². The molecule has 1 fully saturated rings. The number of imidazole rings is 1. The normalized spacial score (nSPS) is 16.5. The topological polar surface area (TPSA) is 105 Å². The van der Waals surface area contributed by atoms with Crippen molar-refractivity contribution in [2.75, 3.05) is 25.1 Å². The minimum atomic E-state index is -0.437. The van der Waals surface area contributed by atoms with Crippen LogP contribution in [0, 0.1) is 6.92 Å². The number of rotatable bonds is 5. The Bertz CT molecular complexity index is 1190. The number of halogens is 2. The van der Waals surface area contributed by atoms with E-state index < -0.39 is 5.97 Å². The standard InChI is InChI=1S/C21H24Cl2N6O3S/c1-11-13(22)14(23)15(25-11)19(30)26-12-5-4-8-29(9-6-12)21-27-16(17(33-21)20(31)32-3)18-24-7-10-28(18)2/h7,10,12,25H,4-6,8-9H2,1-3H3,(H,26,30). The van der Waals surface area contributed by atoms with Crippen molar-refractivity contribution in [1.29, 1.82) is 0 Å². The maximum Gasteiger partial charge on any atom is 0.350 e. The lowest BCUT2D eigenvalue weighted by atomic mass is 10.1. The highest BCUT2D eigenvalue weighted by Gasteiger charge is 2.27. The molecule has 4 rings (SSSR count). The van der Waals surface area contributed by atoms with Crippen LogP contribution in [0.15, 0.2) is 12.4 Å². The van der Waals surface area contributed by atoms with E-state index in [0.29, 0.717) is 33.7 Å². The van der Waals surface area contributed by atoms with Crippen LogP contribution in [0.4, 0.5) is 5.13 Å². The maximum atomic E-state index is 12.7. The Morgan fingerprint density at radius 1 is 1.27 bits per heavy atom. The van der Waals surface area contributed by atoms with Gasteiger partial charge in [0.1, 0.15) is 16.3 Å². The SMILES string of the molecule is COC(=O)c1sc(N2CCCC(NC(=O)c3[nH]c(C)c(Cl)c3Cl)CC2)nc1-c1nccn1C. The van der Waals surface area contributed by atoms with Crippen molar-refractivity contribution >= 4 is 51.5 Å². The number of aromatic amines is 1. The van der Waals surface area contributed by atoms with E-state index in [1.165, 1.54) is 18.4 Å². The highest BCUT2D eigenvalue weighted by molar-refractivity contribution is 7.17. The van der Waals surface area contributed by atoms with E-state index in [4.69, 9.17) is 32.9 Å². The van der Waals surface area contributed by atoms with Crippen LogP contribution in [-0.2, 0) is 11.8 Å². The largest absolute Gasteiger partial charge is 0.465 e. The van der Waals surface area contributed by atoms with Gasteiger partial charge in [0.2, 0.25) is 0 Å². The molecule has 33 heavy (non-hydrogen) atoms. The molecule has 3 aromatic heterocycles. The molecular formula is C21H24Cl2N6O3S. The molecule has 3 aromatic rings. The van der Waals surface area contributed by atoms with Crippen molar-refractivity contribution in [3.63, 3.8) is 0 Å². The Kier molecular flexibility index (Phi) is 6.96. The summed E-state index contributed by atoms with van der Waals surface area (Å²) in [7, 11) is 3.21. The summed E-state index contributed by atoms with van der Waals surface area (Å²) in [6, 6.07) is -0.0185. The number of aryl methyl sites for hydroxylation is 2. The molecule has 176 valence electrons. The average molecular weight is 511 g/mol. The molecule has 1 aliphatic heterocycles. The first-order valence-electron chi connectivity index (χ1n) is 10.5. The van der Waals surface area contributed by atoms with Crippen LogP contribution in [0.5, 0.6) is 0 Å². The van der Waals surface area contributed by atoms with Gasteiger partial charge in [0.15, 0.2) is 11.0 Å². The number of anilines is 1. The van der Waals surface area contributed by atoms with Gasteiger partial charge >= 0.3 is 5.97 Å². The Hall–Kier alpha value is -2.56. The van der Waals surface area contributed by atoms with Crippen LogP contribution < -0.4 is 10.2 Å². The summed E-state index contributed by atoms with van der Waals surface area (Å²) in [6.07, 6.45) is 5.86. The molecule has 1 aliphatic rings. The van der Waals surface area contributed by atoms with Gasteiger partial charge in [-0.3, -0.25) is 4.79 Å². The lowest BCUT2D eigenvalue weighted by Crippen LogP contribution is -2.36. The molecule has 0 spiro atoms. The fraction of sp³-hybridized carbons (Fsp3) is 0.429. The lowest BCUT2D eigenvalue weighted by Gasteiger charge is -2.19. The number of nitrogens with one attached hydrogen (secondary N) is 2. The van der Waals surface area contributed by atoms with Crippen molar-refractivity contribution in [1.82, 2.24) is 24.8 Å². The molecule has 0 radical (unpaired) electrons. The first-order chi connectivity index (χ1) is 15.8. The van der Waals surface area contributed by atoms with Crippen LogP contribution in [0.1, 0.15) is 45.1 Å². The third-order valence-electron chi connectivity index (χ3n) is 5.63. The number of thiazole rings is 1. The second kappa shape index (κ2) is 9.74. The van der Waals surface area contributed by atoms with E-state index in [2.05, 4.69) is 20.2 Å². The van der Waals surface area contributed by atoms with Crippen LogP contribution in [0.2, 0.25) is 10.0 Å². The van der Waals surface area contributed by atoms with Gasteiger partial charge in [-0.25, -0.2) is 14.8 Å². The highest BCUT2D eigenvalue weighted by Crippen LogP contribution is 2.34. The molecule has 0 aromatic carbocycles. The maximum absolute atomic E-state index is 12.7. The molecular weight excluding hydrogens is 487 g/mol. The number of aromatic nitrogens is 4. The van der Waals surface area contributed by atoms with Gasteiger partial charge in [-0.15, -0.1) is 0 Å². The monoisotopic (exact) mass is 510 g/mol. The fourth-order valence-electron chi connectivity index (χ4n) is 3.84. The minimum absolute atomic E-state index is 0.0185. The van der Waals surface area contributed by atoms with E-state index >= 15 is 0 Å². The summed E-state index contributed by atoms with van der Waals surface area (Å²) in [5.41, 5.74) is 1.45. The number of hydrogen-bond donors (Lipinski definition) is 2. The number of methoxy groups -OCH3 is 1. The van der Waals surface area contributed by atoms with Gasteiger partial charge in [-0.05, 0) is 26.2 Å². The van der Waals surface area contributed by atoms with Crippen molar-refractivity contribution in [2.24, 2.45) is 7.05 Å². The molecule has 1 atom stereocenters. The van der Waals surface area contributed by atoms with E-state index in [1.54, 1.807) is 19.3 Å².